The number of aromatic nitrogens is 1. The molecule has 0 atom stereocenters. The second kappa shape index (κ2) is 9.05. The molecule has 3 aromatic rings. The van der Waals surface area contributed by atoms with E-state index in [-0.39, 0.29) is 5.75 Å². The van der Waals surface area contributed by atoms with Crippen LogP contribution in [0.2, 0.25) is 0 Å². The Bertz CT molecular complexity index is 879. The zero-order chi connectivity index (χ0) is 19.1. The molecule has 0 saturated carbocycles. The molecule has 5 heteroatoms. The Morgan fingerprint density at radius 2 is 1.74 bits per heavy atom. The summed E-state index contributed by atoms with van der Waals surface area (Å²) in [6.45, 7) is 1.42. The molecule has 5 nitrogen and oxygen atoms in total. The molecule has 1 heterocycles. The third-order valence-electron chi connectivity index (χ3n) is 4.36. The Hall–Kier alpha value is -3.05. The van der Waals surface area contributed by atoms with Gasteiger partial charge in [0, 0.05) is 37.3 Å². The first-order valence-corrected chi connectivity index (χ1v) is 9.02. The largest absolute Gasteiger partial charge is 0.507 e. The molecule has 0 bridgehead atoms. The second-order valence-electron chi connectivity index (χ2n) is 6.28. The van der Waals surface area contributed by atoms with Gasteiger partial charge >= 0.3 is 0 Å². The number of phenolic OH excluding ortho intramolecular Hbond substituents is 1. The van der Waals surface area contributed by atoms with Crippen LogP contribution in [0.5, 0.6) is 11.5 Å². The molecule has 1 aromatic heterocycles. The number of hydrogen-bond donors (Lipinski definition) is 3. The van der Waals surface area contributed by atoms with Crippen LogP contribution in [0.1, 0.15) is 11.1 Å². The van der Waals surface area contributed by atoms with Crippen molar-refractivity contribution in [2.24, 2.45) is 0 Å². The van der Waals surface area contributed by atoms with E-state index in [1.165, 1.54) is 11.1 Å². The van der Waals surface area contributed by atoms with E-state index in [0.717, 1.165) is 24.1 Å². The maximum atomic E-state index is 10.1. The van der Waals surface area contributed by atoms with Crippen molar-refractivity contribution in [3.8, 4) is 22.6 Å². The van der Waals surface area contributed by atoms with Gasteiger partial charge in [-0.1, -0.05) is 42.5 Å². The highest BCUT2D eigenvalue weighted by Gasteiger charge is 2.10. The number of rotatable bonds is 8. The number of pyridine rings is 1. The lowest BCUT2D eigenvalue weighted by Crippen LogP contribution is -2.06. The number of ether oxygens (including phenoxy) is 1. The highest BCUT2D eigenvalue weighted by atomic mass is 16.5. The highest BCUT2D eigenvalue weighted by molar-refractivity contribution is 5.72. The Labute approximate surface area is 160 Å². The number of para-hydroxylation sites is 1. The minimum atomic E-state index is 0.226. The molecular weight excluding hydrogens is 338 g/mol. The van der Waals surface area contributed by atoms with E-state index in [4.69, 9.17) is 4.74 Å². The van der Waals surface area contributed by atoms with E-state index < -0.39 is 0 Å². The van der Waals surface area contributed by atoms with Crippen molar-refractivity contribution in [3.05, 3.63) is 71.9 Å². The third-order valence-corrected chi connectivity index (χ3v) is 4.36. The monoisotopic (exact) mass is 363 g/mol. The van der Waals surface area contributed by atoms with Crippen molar-refractivity contribution >= 4 is 5.82 Å². The Morgan fingerprint density at radius 3 is 2.44 bits per heavy atom. The summed E-state index contributed by atoms with van der Waals surface area (Å²) in [7, 11) is 3.76. The normalized spacial score (nSPS) is 10.6. The summed E-state index contributed by atoms with van der Waals surface area (Å²) in [5.41, 5.74) is 4.04. The van der Waals surface area contributed by atoms with E-state index in [1.54, 1.807) is 18.3 Å². The fourth-order valence-electron chi connectivity index (χ4n) is 2.91. The van der Waals surface area contributed by atoms with E-state index >= 15 is 0 Å². The number of nitrogens with zero attached hydrogens (tertiary/aromatic N) is 1. The van der Waals surface area contributed by atoms with Gasteiger partial charge in [-0.05, 0) is 30.3 Å². The van der Waals surface area contributed by atoms with Gasteiger partial charge in [-0.25, -0.2) is 4.98 Å². The molecule has 0 fully saturated rings. The summed E-state index contributed by atoms with van der Waals surface area (Å²) in [5.74, 6) is 1.58. The van der Waals surface area contributed by atoms with Gasteiger partial charge in [0.1, 0.15) is 5.75 Å². The number of nitrogens with one attached hydrogen (secondary N) is 2. The van der Waals surface area contributed by atoms with Crippen LogP contribution in [0.4, 0.5) is 5.82 Å². The molecule has 0 aliphatic rings. The molecule has 0 saturated heterocycles. The molecule has 140 valence electrons. The van der Waals surface area contributed by atoms with Crippen LogP contribution in [0, 0.1) is 0 Å². The lowest BCUT2D eigenvalue weighted by Gasteiger charge is -2.13. The smallest absolute Gasteiger partial charge is 0.168 e. The number of benzene rings is 2. The molecular formula is C22H25N3O2. The topological polar surface area (TPSA) is 66.4 Å². The summed E-state index contributed by atoms with van der Waals surface area (Å²) < 4.78 is 5.99. The molecule has 27 heavy (non-hydrogen) atoms. The molecule has 0 aliphatic carbocycles. The molecule has 2 aromatic carbocycles. The van der Waals surface area contributed by atoms with Crippen molar-refractivity contribution in [2.45, 2.75) is 13.0 Å². The van der Waals surface area contributed by atoms with E-state index in [2.05, 4.69) is 39.9 Å². The summed E-state index contributed by atoms with van der Waals surface area (Å²) in [6.07, 6.45) is 2.54. The van der Waals surface area contributed by atoms with Crippen LogP contribution >= 0.6 is 0 Å². The molecule has 0 amide bonds. The molecule has 3 rings (SSSR count). The van der Waals surface area contributed by atoms with Gasteiger partial charge in [-0.15, -0.1) is 0 Å². The Balaban J connectivity index is 1.70. The minimum Gasteiger partial charge on any atom is -0.507 e. The van der Waals surface area contributed by atoms with Gasteiger partial charge in [-0.3, -0.25) is 0 Å². The molecule has 0 unspecified atom stereocenters. The molecule has 3 N–H and O–H groups in total. The number of phenols is 1. The minimum absolute atomic E-state index is 0.226. The first-order chi connectivity index (χ1) is 13.2. The summed E-state index contributed by atoms with van der Waals surface area (Å²) in [5, 5.41) is 16.3. The van der Waals surface area contributed by atoms with Crippen LogP contribution in [0.15, 0.2) is 60.8 Å². The Kier molecular flexibility index (Phi) is 6.28. The third kappa shape index (κ3) is 4.77. The van der Waals surface area contributed by atoms with Gasteiger partial charge in [-0.2, -0.15) is 0 Å². The van der Waals surface area contributed by atoms with Crippen LogP contribution in [-0.4, -0.2) is 30.8 Å². The van der Waals surface area contributed by atoms with Crippen molar-refractivity contribution in [1.82, 2.24) is 10.3 Å². The first kappa shape index (κ1) is 18.7. The summed E-state index contributed by atoms with van der Waals surface area (Å²) >= 11 is 0. The van der Waals surface area contributed by atoms with Crippen molar-refractivity contribution < 1.29 is 9.84 Å². The molecule has 0 radical (unpaired) electrons. The van der Waals surface area contributed by atoms with E-state index in [1.807, 2.05) is 32.3 Å². The van der Waals surface area contributed by atoms with E-state index in [0.29, 0.717) is 18.2 Å². The molecule has 0 spiro atoms. The van der Waals surface area contributed by atoms with Crippen LogP contribution in [-0.2, 0) is 13.0 Å². The lowest BCUT2D eigenvalue weighted by molar-refractivity contribution is 0.322. The maximum Gasteiger partial charge on any atom is 0.168 e. The number of hydrogen-bond acceptors (Lipinski definition) is 5. The average molecular weight is 363 g/mol. The standard InChI is InChI=1S/C22H25N3O2/c1-23-14-17-9-7-16(8-10-17)11-12-27-21-13-18(15-25-22(21)24-2)19-5-3-4-6-20(19)26/h3-10,13,15,23,26H,11-12,14H2,1-2H3,(H,24,25). The van der Waals surface area contributed by atoms with E-state index in [9.17, 15) is 5.11 Å². The quantitative estimate of drug-likeness (QED) is 0.567. The maximum absolute atomic E-state index is 10.1. The first-order valence-electron chi connectivity index (χ1n) is 9.02. The SMILES string of the molecule is CNCc1ccc(CCOc2cc(-c3ccccc3O)cnc2NC)cc1. The van der Waals surface area contributed by atoms with Gasteiger partial charge in [0.15, 0.2) is 11.6 Å². The fourth-order valence-corrected chi connectivity index (χ4v) is 2.91. The molecule has 0 aliphatic heterocycles. The van der Waals surface area contributed by atoms with Gasteiger partial charge in [0.05, 0.1) is 6.61 Å². The zero-order valence-corrected chi connectivity index (χ0v) is 15.7. The summed E-state index contributed by atoms with van der Waals surface area (Å²) in [6, 6.07) is 17.6. The average Bonchev–Trinajstić information content (AvgIpc) is 2.70. The number of anilines is 1. The van der Waals surface area contributed by atoms with Crippen molar-refractivity contribution in [3.63, 3.8) is 0 Å². The van der Waals surface area contributed by atoms with Gasteiger partial charge in [0.25, 0.3) is 0 Å². The summed E-state index contributed by atoms with van der Waals surface area (Å²) in [4.78, 5) is 4.42. The second-order valence-corrected chi connectivity index (χ2v) is 6.28. The highest BCUT2D eigenvalue weighted by Crippen LogP contribution is 2.33. The fraction of sp³-hybridized carbons (Fsp3) is 0.227. The predicted octanol–water partition coefficient (Wildman–Crippen LogP) is 3.84. The predicted molar refractivity (Wildman–Crippen MR) is 109 cm³/mol. The van der Waals surface area contributed by atoms with Crippen LogP contribution < -0.4 is 15.4 Å². The van der Waals surface area contributed by atoms with Crippen molar-refractivity contribution in [2.75, 3.05) is 26.0 Å². The number of aromatic hydroxyl groups is 1. The van der Waals surface area contributed by atoms with Crippen molar-refractivity contribution in [1.29, 1.82) is 0 Å². The Morgan fingerprint density at radius 1 is 1.00 bits per heavy atom. The van der Waals surface area contributed by atoms with Gasteiger partial charge < -0.3 is 20.5 Å². The zero-order valence-electron chi connectivity index (χ0n) is 15.7. The van der Waals surface area contributed by atoms with Gasteiger partial charge in [0.2, 0.25) is 0 Å². The van der Waals surface area contributed by atoms with Crippen LogP contribution in [0.3, 0.4) is 0 Å². The van der Waals surface area contributed by atoms with Crippen LogP contribution in [0.25, 0.3) is 11.1 Å². The lowest BCUT2D eigenvalue weighted by atomic mass is 10.1.